The van der Waals surface area contributed by atoms with E-state index < -0.39 is 0 Å². The number of pyridine rings is 1. The second kappa shape index (κ2) is 4.33. The molecule has 0 aliphatic rings. The maximum atomic E-state index is 8.39. The molecule has 0 saturated heterocycles. The van der Waals surface area contributed by atoms with Crippen LogP contribution < -0.4 is 5.73 Å². The molecule has 1 aromatic carbocycles. The number of nitrogen functional groups attached to an aromatic ring is 1. The summed E-state index contributed by atoms with van der Waals surface area (Å²) in [6.45, 7) is 0. The Morgan fingerprint density at radius 3 is 2.62 bits per heavy atom. The summed E-state index contributed by atoms with van der Waals surface area (Å²) in [7, 11) is 0. The van der Waals surface area contributed by atoms with Crippen LogP contribution in [-0.4, -0.2) is 4.98 Å². The fraction of sp³-hybridized carbons (Fsp3) is 0. The van der Waals surface area contributed by atoms with E-state index >= 15 is 0 Å². The fourth-order valence-electron chi connectivity index (χ4n) is 1.42. The zero-order valence-electron chi connectivity index (χ0n) is 8.41. The van der Waals surface area contributed by atoms with Crippen LogP contribution in [0.15, 0.2) is 47.7 Å². The highest BCUT2D eigenvalue weighted by atomic mass is 15.1. The number of nitrogens with zero attached hydrogens (tertiary/aromatic N) is 4. The molecule has 1 aromatic heterocycles. The van der Waals surface area contributed by atoms with Gasteiger partial charge in [0, 0.05) is 16.7 Å². The van der Waals surface area contributed by atoms with E-state index in [9.17, 15) is 0 Å². The van der Waals surface area contributed by atoms with Crippen LogP contribution >= 0.6 is 0 Å². The molecular formula is C11H9N5. The third-order valence-corrected chi connectivity index (χ3v) is 2.17. The average molecular weight is 211 g/mol. The molecule has 0 saturated carbocycles. The Bertz CT molecular complexity index is 544. The molecule has 0 amide bonds. The molecule has 0 bridgehead atoms. The second-order valence-corrected chi connectivity index (χ2v) is 3.15. The van der Waals surface area contributed by atoms with Gasteiger partial charge in [-0.3, -0.25) is 4.98 Å². The Labute approximate surface area is 92.2 Å². The average Bonchev–Trinajstić information content (AvgIpc) is 2.33. The minimum atomic E-state index is 0.395. The van der Waals surface area contributed by atoms with E-state index in [-0.39, 0.29) is 0 Å². The lowest BCUT2D eigenvalue weighted by molar-refractivity contribution is 1.31. The number of rotatable bonds is 2. The zero-order valence-corrected chi connectivity index (χ0v) is 8.41. The van der Waals surface area contributed by atoms with Gasteiger partial charge in [0.1, 0.15) is 0 Å². The Morgan fingerprint density at radius 2 is 1.94 bits per heavy atom. The van der Waals surface area contributed by atoms with Crippen LogP contribution in [-0.2, 0) is 0 Å². The van der Waals surface area contributed by atoms with Gasteiger partial charge in [0.2, 0.25) is 0 Å². The van der Waals surface area contributed by atoms with Crippen LogP contribution in [0, 0.1) is 0 Å². The van der Waals surface area contributed by atoms with Crippen LogP contribution in [0.2, 0.25) is 0 Å². The quantitative estimate of drug-likeness (QED) is 0.469. The first kappa shape index (κ1) is 10.0. The van der Waals surface area contributed by atoms with E-state index in [0.29, 0.717) is 17.1 Å². The Kier molecular flexibility index (Phi) is 2.71. The van der Waals surface area contributed by atoms with Crippen molar-refractivity contribution >= 4 is 11.4 Å². The molecule has 2 rings (SSSR count). The first-order chi connectivity index (χ1) is 7.83. The molecular weight excluding hydrogens is 202 g/mol. The minimum absolute atomic E-state index is 0.395. The molecule has 0 unspecified atom stereocenters. The van der Waals surface area contributed by atoms with Gasteiger partial charge in [0.05, 0.1) is 17.1 Å². The number of anilines is 1. The van der Waals surface area contributed by atoms with Crippen molar-refractivity contribution in [3.05, 3.63) is 53.0 Å². The van der Waals surface area contributed by atoms with Crippen molar-refractivity contribution < 1.29 is 0 Å². The molecule has 16 heavy (non-hydrogen) atoms. The van der Waals surface area contributed by atoms with Gasteiger partial charge in [-0.15, -0.1) is 0 Å². The van der Waals surface area contributed by atoms with Crippen molar-refractivity contribution in [3.8, 4) is 11.3 Å². The second-order valence-electron chi connectivity index (χ2n) is 3.15. The summed E-state index contributed by atoms with van der Waals surface area (Å²) in [6.07, 6.45) is 1.57. The molecule has 1 heterocycles. The highest BCUT2D eigenvalue weighted by molar-refractivity contribution is 5.80. The van der Waals surface area contributed by atoms with Gasteiger partial charge in [-0.1, -0.05) is 35.4 Å². The number of hydrogen-bond donors (Lipinski definition) is 1. The Morgan fingerprint density at radius 1 is 1.19 bits per heavy atom. The number of nitrogens with two attached hydrogens (primary N) is 1. The lowest BCUT2D eigenvalue weighted by Gasteiger charge is -2.06. The molecule has 0 spiro atoms. The zero-order chi connectivity index (χ0) is 11.4. The van der Waals surface area contributed by atoms with Crippen molar-refractivity contribution in [2.24, 2.45) is 5.11 Å². The fourth-order valence-corrected chi connectivity index (χ4v) is 1.42. The number of hydrogen-bond acceptors (Lipinski definition) is 3. The SMILES string of the molecule is [N-]=[N+]=Nc1ccnc(-c2ccccc2)c1N. The molecule has 0 aliphatic carbocycles. The molecule has 0 aliphatic heterocycles. The van der Waals surface area contributed by atoms with Crippen molar-refractivity contribution in [2.75, 3.05) is 5.73 Å². The summed E-state index contributed by atoms with van der Waals surface area (Å²) in [4.78, 5) is 6.90. The lowest BCUT2D eigenvalue weighted by Crippen LogP contribution is -1.93. The first-order valence-electron chi connectivity index (χ1n) is 4.68. The summed E-state index contributed by atoms with van der Waals surface area (Å²) >= 11 is 0. The van der Waals surface area contributed by atoms with E-state index in [2.05, 4.69) is 15.0 Å². The van der Waals surface area contributed by atoms with Crippen molar-refractivity contribution in [1.82, 2.24) is 4.98 Å². The van der Waals surface area contributed by atoms with Gasteiger partial charge in [0.15, 0.2) is 0 Å². The smallest absolute Gasteiger partial charge is 0.0935 e. The summed E-state index contributed by atoms with van der Waals surface area (Å²) in [6, 6.07) is 11.1. The lowest BCUT2D eigenvalue weighted by atomic mass is 10.1. The van der Waals surface area contributed by atoms with Crippen LogP contribution in [0.5, 0.6) is 0 Å². The van der Waals surface area contributed by atoms with Crippen LogP contribution in [0.3, 0.4) is 0 Å². The van der Waals surface area contributed by atoms with Gasteiger partial charge in [0.25, 0.3) is 0 Å². The molecule has 2 N–H and O–H groups in total. The van der Waals surface area contributed by atoms with E-state index in [0.717, 1.165) is 5.56 Å². The molecule has 78 valence electrons. The van der Waals surface area contributed by atoms with Gasteiger partial charge in [-0.2, -0.15) is 0 Å². The van der Waals surface area contributed by atoms with Crippen molar-refractivity contribution in [1.29, 1.82) is 0 Å². The van der Waals surface area contributed by atoms with Crippen LogP contribution in [0.1, 0.15) is 0 Å². The third kappa shape index (κ3) is 1.80. The normalized spacial score (nSPS) is 9.50. The standard InChI is InChI=1S/C11H9N5/c12-10-9(15-16-13)6-7-14-11(10)8-4-2-1-3-5-8/h1-7H,12H2. The number of azide groups is 1. The predicted octanol–water partition coefficient (Wildman–Crippen LogP) is 3.27. The molecule has 0 atom stereocenters. The van der Waals surface area contributed by atoms with Gasteiger partial charge in [-0.25, -0.2) is 0 Å². The van der Waals surface area contributed by atoms with Gasteiger partial charge < -0.3 is 5.73 Å². The largest absolute Gasteiger partial charge is 0.397 e. The maximum absolute atomic E-state index is 8.39. The third-order valence-electron chi connectivity index (χ3n) is 2.17. The molecule has 0 radical (unpaired) electrons. The summed E-state index contributed by atoms with van der Waals surface area (Å²) < 4.78 is 0. The molecule has 2 aromatic rings. The highest BCUT2D eigenvalue weighted by Gasteiger charge is 2.06. The summed E-state index contributed by atoms with van der Waals surface area (Å²) in [5.74, 6) is 0. The Balaban J connectivity index is 2.59. The first-order valence-corrected chi connectivity index (χ1v) is 4.68. The van der Waals surface area contributed by atoms with E-state index in [1.807, 2.05) is 30.3 Å². The van der Waals surface area contributed by atoms with Crippen molar-refractivity contribution in [2.45, 2.75) is 0 Å². The summed E-state index contributed by atoms with van der Waals surface area (Å²) in [5, 5.41) is 3.51. The van der Waals surface area contributed by atoms with E-state index in [1.54, 1.807) is 12.3 Å². The maximum Gasteiger partial charge on any atom is 0.0935 e. The van der Waals surface area contributed by atoms with Crippen molar-refractivity contribution in [3.63, 3.8) is 0 Å². The van der Waals surface area contributed by atoms with Gasteiger partial charge in [-0.05, 0) is 11.6 Å². The molecule has 5 nitrogen and oxygen atoms in total. The van der Waals surface area contributed by atoms with Crippen LogP contribution in [0.4, 0.5) is 11.4 Å². The topological polar surface area (TPSA) is 87.7 Å². The minimum Gasteiger partial charge on any atom is -0.397 e. The van der Waals surface area contributed by atoms with Crippen LogP contribution in [0.25, 0.3) is 21.7 Å². The highest BCUT2D eigenvalue weighted by Crippen LogP contribution is 2.30. The van der Waals surface area contributed by atoms with E-state index in [1.165, 1.54) is 0 Å². The molecule has 0 fully saturated rings. The van der Waals surface area contributed by atoms with E-state index in [4.69, 9.17) is 11.3 Å². The monoisotopic (exact) mass is 211 g/mol. The number of benzene rings is 1. The van der Waals surface area contributed by atoms with Gasteiger partial charge >= 0.3 is 0 Å². The Hall–Kier alpha value is -2.52. The molecule has 5 heteroatoms. The predicted molar refractivity (Wildman–Crippen MR) is 62.9 cm³/mol. The summed E-state index contributed by atoms with van der Waals surface area (Å²) in [5.41, 5.74) is 16.6. The number of aromatic nitrogens is 1.